The molecule has 184 valence electrons. The molecule has 0 bridgehead atoms. The van der Waals surface area contributed by atoms with Crippen molar-refractivity contribution in [3.05, 3.63) is 58.1 Å². The van der Waals surface area contributed by atoms with Crippen LogP contribution in [0.25, 0.3) is 0 Å². The van der Waals surface area contributed by atoms with Crippen molar-refractivity contribution in [1.82, 2.24) is 4.90 Å². The average Bonchev–Trinajstić information content (AvgIpc) is 2.84. The van der Waals surface area contributed by atoms with Gasteiger partial charge < -0.3 is 19.7 Å². The number of ether oxygens (including phenoxy) is 2. The van der Waals surface area contributed by atoms with Gasteiger partial charge in [-0.15, -0.1) is 0 Å². The molecular weight excluding hydrogens is 471 g/mol. The fourth-order valence-electron chi connectivity index (χ4n) is 5.05. The number of likely N-dealkylation sites (tertiary alicyclic amines) is 1. The second-order valence-corrected chi connectivity index (χ2v) is 10.2. The Balaban J connectivity index is 1.34. The molecule has 34 heavy (non-hydrogen) atoms. The zero-order chi connectivity index (χ0) is 24.0. The van der Waals surface area contributed by atoms with E-state index in [2.05, 4.69) is 17.1 Å². The summed E-state index contributed by atoms with van der Waals surface area (Å²) in [7, 11) is 0. The second kappa shape index (κ2) is 11.8. The van der Waals surface area contributed by atoms with E-state index in [4.69, 9.17) is 32.7 Å². The van der Waals surface area contributed by atoms with E-state index in [1.807, 2.05) is 30.3 Å². The minimum Gasteiger partial charge on any atom is -0.494 e. The molecule has 1 N–H and O–H groups in total. The fraction of sp³-hybridized carbons (Fsp3) is 0.519. The molecule has 0 saturated carbocycles. The smallest absolute Gasteiger partial charge is 0.235 e. The minimum absolute atomic E-state index is 0.0793. The maximum atomic E-state index is 13.5. The summed E-state index contributed by atoms with van der Waals surface area (Å²) in [5, 5.41) is 4.15. The minimum atomic E-state index is -0.749. The van der Waals surface area contributed by atoms with Crippen LogP contribution in [-0.2, 0) is 14.9 Å². The Morgan fingerprint density at radius 3 is 2.62 bits per heavy atom. The van der Waals surface area contributed by atoms with Crippen molar-refractivity contribution in [2.75, 3.05) is 38.2 Å². The molecule has 4 rings (SSSR count). The molecule has 2 aromatic carbocycles. The number of amides is 1. The summed E-state index contributed by atoms with van der Waals surface area (Å²) in [6.07, 6.45) is 6.09. The summed E-state index contributed by atoms with van der Waals surface area (Å²) in [4.78, 5) is 16.1. The number of nitrogens with zero attached hydrogens (tertiary/aromatic N) is 1. The lowest BCUT2D eigenvalue weighted by atomic mass is 9.73. The Morgan fingerprint density at radius 2 is 1.91 bits per heavy atom. The molecule has 0 radical (unpaired) electrons. The van der Waals surface area contributed by atoms with Crippen LogP contribution in [0.4, 0.5) is 5.69 Å². The van der Waals surface area contributed by atoms with Gasteiger partial charge in [0.15, 0.2) is 0 Å². The second-order valence-electron chi connectivity index (χ2n) is 9.38. The number of nitrogens with one attached hydrogen (secondary N) is 1. The molecule has 0 spiro atoms. The van der Waals surface area contributed by atoms with Gasteiger partial charge in [0.1, 0.15) is 5.75 Å². The predicted molar refractivity (Wildman–Crippen MR) is 138 cm³/mol. The number of carbonyl (C=O) groups excluding carboxylic acids is 1. The van der Waals surface area contributed by atoms with E-state index in [0.717, 1.165) is 30.0 Å². The molecule has 2 saturated heterocycles. The van der Waals surface area contributed by atoms with E-state index in [1.165, 1.54) is 25.8 Å². The maximum Gasteiger partial charge on any atom is 0.235 e. The average molecular weight is 505 g/mol. The van der Waals surface area contributed by atoms with Crippen LogP contribution >= 0.6 is 23.2 Å². The lowest BCUT2D eigenvalue weighted by Crippen LogP contribution is -2.45. The van der Waals surface area contributed by atoms with Gasteiger partial charge in [-0.2, -0.15) is 0 Å². The molecule has 0 aliphatic carbocycles. The molecule has 0 aromatic heterocycles. The summed E-state index contributed by atoms with van der Waals surface area (Å²) in [6.45, 7) is 6.30. The summed E-state index contributed by atoms with van der Waals surface area (Å²) < 4.78 is 11.5. The van der Waals surface area contributed by atoms with E-state index in [0.29, 0.717) is 48.7 Å². The third kappa shape index (κ3) is 6.06. The largest absolute Gasteiger partial charge is 0.494 e. The van der Waals surface area contributed by atoms with Crippen LogP contribution < -0.4 is 10.1 Å². The molecule has 7 heteroatoms. The molecule has 2 aliphatic rings. The van der Waals surface area contributed by atoms with Gasteiger partial charge in [-0.05, 0) is 87.5 Å². The number of halogens is 2. The quantitative estimate of drug-likeness (QED) is 0.427. The van der Waals surface area contributed by atoms with E-state index >= 15 is 0 Å². The number of hydrogen-bond acceptors (Lipinski definition) is 4. The van der Waals surface area contributed by atoms with Crippen LogP contribution in [-0.4, -0.2) is 49.8 Å². The van der Waals surface area contributed by atoms with Gasteiger partial charge in [-0.1, -0.05) is 35.7 Å². The van der Waals surface area contributed by atoms with Crippen molar-refractivity contribution < 1.29 is 14.3 Å². The first-order valence-electron chi connectivity index (χ1n) is 12.3. The van der Waals surface area contributed by atoms with E-state index in [-0.39, 0.29) is 5.91 Å². The molecular formula is C27H34Cl2N2O3. The first-order valence-corrected chi connectivity index (χ1v) is 13.1. The summed E-state index contributed by atoms with van der Waals surface area (Å²) in [5.41, 5.74) is 0.776. The van der Waals surface area contributed by atoms with Gasteiger partial charge in [0.05, 0.1) is 12.0 Å². The highest BCUT2D eigenvalue weighted by Gasteiger charge is 2.43. The number of anilines is 1. The van der Waals surface area contributed by atoms with Gasteiger partial charge in [0.25, 0.3) is 0 Å². The van der Waals surface area contributed by atoms with Gasteiger partial charge >= 0.3 is 0 Å². The normalized spacial score (nSPS) is 20.6. The highest BCUT2D eigenvalue weighted by molar-refractivity contribution is 6.35. The summed E-state index contributed by atoms with van der Waals surface area (Å²) in [6, 6.07) is 13.6. The van der Waals surface area contributed by atoms with Crippen LogP contribution in [0, 0.1) is 0 Å². The Labute approximate surface area is 212 Å². The molecule has 1 atom stereocenters. The fourth-order valence-corrected chi connectivity index (χ4v) is 5.64. The van der Waals surface area contributed by atoms with Gasteiger partial charge in [0, 0.05) is 41.5 Å². The lowest BCUT2D eigenvalue weighted by Gasteiger charge is -2.36. The third-order valence-corrected chi connectivity index (χ3v) is 7.69. The van der Waals surface area contributed by atoms with Crippen molar-refractivity contribution in [3.63, 3.8) is 0 Å². The number of piperidine rings is 1. The molecule has 2 aromatic rings. The van der Waals surface area contributed by atoms with Crippen LogP contribution in [0.2, 0.25) is 10.0 Å². The monoisotopic (exact) mass is 504 g/mol. The van der Waals surface area contributed by atoms with Crippen molar-refractivity contribution in [1.29, 1.82) is 0 Å². The van der Waals surface area contributed by atoms with Crippen LogP contribution in [0.1, 0.15) is 51.0 Å². The third-order valence-electron chi connectivity index (χ3n) is 7.14. The Hall–Kier alpha value is -1.79. The molecule has 0 unspecified atom stereocenters. The van der Waals surface area contributed by atoms with Crippen molar-refractivity contribution in [3.8, 4) is 5.75 Å². The Bertz CT molecular complexity index is 961. The highest BCUT2D eigenvalue weighted by Crippen LogP contribution is 2.40. The van der Waals surface area contributed by atoms with Crippen molar-refractivity contribution >= 4 is 34.8 Å². The topological polar surface area (TPSA) is 50.8 Å². The van der Waals surface area contributed by atoms with Gasteiger partial charge in [0.2, 0.25) is 5.91 Å². The van der Waals surface area contributed by atoms with Gasteiger partial charge in [-0.3, -0.25) is 4.79 Å². The van der Waals surface area contributed by atoms with E-state index in [9.17, 15) is 4.79 Å². The number of benzene rings is 2. The zero-order valence-electron chi connectivity index (χ0n) is 19.8. The Kier molecular flexibility index (Phi) is 8.75. The number of rotatable bonds is 8. The standard InChI is InChI=1S/C27H34Cl2N2O3/c1-20-5-2-3-14-31(20)15-4-16-34-23-9-7-22(8-10-23)30-26(32)27(12-17-33-18-13-27)24-11-6-21(28)19-25(24)29/h6-11,19-20H,2-5,12-18H2,1H3,(H,30,32)/t20-/m1/s1. The number of hydrogen-bond donors (Lipinski definition) is 1. The van der Waals surface area contributed by atoms with Crippen molar-refractivity contribution in [2.24, 2.45) is 0 Å². The van der Waals surface area contributed by atoms with Crippen LogP contribution in [0.5, 0.6) is 5.75 Å². The molecule has 5 nitrogen and oxygen atoms in total. The molecule has 2 aliphatic heterocycles. The first kappa shape index (κ1) is 25.3. The highest BCUT2D eigenvalue weighted by atomic mass is 35.5. The van der Waals surface area contributed by atoms with Crippen molar-refractivity contribution in [2.45, 2.75) is 56.9 Å². The van der Waals surface area contributed by atoms with E-state index < -0.39 is 5.41 Å². The van der Waals surface area contributed by atoms with Gasteiger partial charge in [-0.25, -0.2) is 0 Å². The first-order chi connectivity index (χ1) is 16.5. The summed E-state index contributed by atoms with van der Waals surface area (Å²) >= 11 is 12.6. The molecule has 2 fully saturated rings. The molecule has 1 amide bonds. The zero-order valence-corrected chi connectivity index (χ0v) is 21.3. The molecule has 2 heterocycles. The predicted octanol–water partition coefficient (Wildman–Crippen LogP) is 6.32. The Morgan fingerprint density at radius 1 is 1.15 bits per heavy atom. The number of carbonyl (C=O) groups is 1. The van der Waals surface area contributed by atoms with Crippen LogP contribution in [0.3, 0.4) is 0 Å². The van der Waals surface area contributed by atoms with Crippen LogP contribution in [0.15, 0.2) is 42.5 Å². The lowest BCUT2D eigenvalue weighted by molar-refractivity contribution is -0.125. The van der Waals surface area contributed by atoms with E-state index in [1.54, 1.807) is 12.1 Å². The maximum absolute atomic E-state index is 13.5. The summed E-state index contributed by atoms with van der Waals surface area (Å²) in [5.74, 6) is 0.732. The SMILES string of the molecule is C[C@@H]1CCCCN1CCCOc1ccc(NC(=O)C2(c3ccc(Cl)cc3Cl)CCOCC2)cc1.